The Kier molecular flexibility index (Phi) is 6.16. The average molecular weight is 270 g/mol. The molecule has 2 rings (SSSR count). The Labute approximate surface area is 114 Å². The zero-order chi connectivity index (χ0) is 12.1. The molecule has 1 N–H and O–H groups in total. The normalized spacial score (nSPS) is 22.9. The van der Waals surface area contributed by atoms with E-state index in [4.69, 9.17) is 4.74 Å². The molecule has 0 aromatic heterocycles. The van der Waals surface area contributed by atoms with Crippen molar-refractivity contribution in [3.05, 3.63) is 35.9 Å². The maximum Gasteiger partial charge on any atom is 0.309 e. The number of hydrogen-bond donors (Lipinski definition) is 1. The highest BCUT2D eigenvalue weighted by atomic mass is 35.5. The van der Waals surface area contributed by atoms with E-state index in [-0.39, 0.29) is 30.2 Å². The molecule has 1 aliphatic heterocycles. The lowest BCUT2D eigenvalue weighted by molar-refractivity contribution is -0.149. The Morgan fingerprint density at radius 2 is 2.11 bits per heavy atom. The summed E-state index contributed by atoms with van der Waals surface area (Å²) in [5.41, 5.74) is 1.22. The molecule has 3 nitrogen and oxygen atoms in total. The molecule has 0 spiro atoms. The van der Waals surface area contributed by atoms with Crippen LogP contribution in [0.3, 0.4) is 0 Å². The van der Waals surface area contributed by atoms with Crippen LogP contribution in [0, 0.1) is 5.92 Å². The van der Waals surface area contributed by atoms with E-state index >= 15 is 0 Å². The summed E-state index contributed by atoms with van der Waals surface area (Å²) in [7, 11) is 0. The van der Waals surface area contributed by atoms with Crippen molar-refractivity contribution in [1.82, 2.24) is 5.32 Å². The lowest BCUT2D eigenvalue weighted by atomic mass is 9.81. The number of carbonyl (C=O) groups excluding carboxylic acids is 1. The van der Waals surface area contributed by atoms with E-state index in [0.717, 1.165) is 19.5 Å². The molecule has 2 atom stereocenters. The first-order chi connectivity index (χ1) is 8.33. The van der Waals surface area contributed by atoms with E-state index in [2.05, 4.69) is 17.4 Å². The van der Waals surface area contributed by atoms with Gasteiger partial charge in [0.25, 0.3) is 0 Å². The van der Waals surface area contributed by atoms with Gasteiger partial charge in [0.05, 0.1) is 12.5 Å². The lowest BCUT2D eigenvalue weighted by Crippen LogP contribution is -2.39. The van der Waals surface area contributed by atoms with Crippen molar-refractivity contribution in [2.24, 2.45) is 5.92 Å². The summed E-state index contributed by atoms with van der Waals surface area (Å²) in [6.45, 7) is 4.07. The van der Waals surface area contributed by atoms with Crippen molar-refractivity contribution in [1.29, 1.82) is 0 Å². The fraction of sp³-hybridized carbons (Fsp3) is 0.500. The first-order valence-electron chi connectivity index (χ1n) is 6.25. The van der Waals surface area contributed by atoms with Crippen LogP contribution in [0.1, 0.15) is 24.8 Å². The number of benzene rings is 1. The van der Waals surface area contributed by atoms with Gasteiger partial charge in [-0.2, -0.15) is 0 Å². The zero-order valence-corrected chi connectivity index (χ0v) is 11.4. The smallest absolute Gasteiger partial charge is 0.309 e. The second-order valence-corrected chi connectivity index (χ2v) is 4.37. The van der Waals surface area contributed by atoms with Crippen LogP contribution < -0.4 is 5.32 Å². The number of esters is 1. The predicted molar refractivity (Wildman–Crippen MR) is 74.0 cm³/mol. The van der Waals surface area contributed by atoms with Crippen LogP contribution >= 0.6 is 12.4 Å². The molecular formula is C14H20ClNO2. The van der Waals surface area contributed by atoms with Gasteiger partial charge in [0.15, 0.2) is 0 Å². The van der Waals surface area contributed by atoms with E-state index in [9.17, 15) is 4.79 Å². The van der Waals surface area contributed by atoms with Crippen LogP contribution in [0.25, 0.3) is 0 Å². The average Bonchev–Trinajstić information content (AvgIpc) is 2.40. The van der Waals surface area contributed by atoms with Gasteiger partial charge in [0.2, 0.25) is 0 Å². The molecule has 0 radical (unpaired) electrons. The van der Waals surface area contributed by atoms with Crippen molar-refractivity contribution < 1.29 is 9.53 Å². The SMILES string of the molecule is CCOC(=O)[C@H]1CCNC[C@@H]1c1ccccc1.Cl. The number of hydrogen-bond acceptors (Lipinski definition) is 3. The summed E-state index contributed by atoms with van der Waals surface area (Å²) in [6, 6.07) is 10.2. The summed E-state index contributed by atoms with van der Waals surface area (Å²) >= 11 is 0. The number of nitrogens with one attached hydrogen (secondary N) is 1. The second kappa shape index (κ2) is 7.39. The minimum Gasteiger partial charge on any atom is -0.466 e. The molecule has 0 saturated carbocycles. The number of carbonyl (C=O) groups is 1. The Bertz CT molecular complexity index is 369. The maximum absolute atomic E-state index is 11.9. The standard InChI is InChI=1S/C14H19NO2.ClH/c1-2-17-14(16)12-8-9-15-10-13(12)11-6-4-3-5-7-11;/h3-7,12-13,15H,2,8-10H2,1H3;1H/t12-,13+;/m0./s1. The molecule has 1 aromatic carbocycles. The van der Waals surface area contributed by atoms with Gasteiger partial charge in [-0.05, 0) is 25.5 Å². The van der Waals surface area contributed by atoms with Crippen LogP contribution in [0.4, 0.5) is 0 Å². The Morgan fingerprint density at radius 3 is 2.78 bits per heavy atom. The van der Waals surface area contributed by atoms with Crippen molar-refractivity contribution in [3.8, 4) is 0 Å². The quantitative estimate of drug-likeness (QED) is 0.856. The number of ether oxygens (including phenoxy) is 1. The Morgan fingerprint density at radius 1 is 1.39 bits per heavy atom. The molecule has 1 fully saturated rings. The van der Waals surface area contributed by atoms with Gasteiger partial charge in [0.1, 0.15) is 0 Å². The van der Waals surface area contributed by atoms with Gasteiger partial charge >= 0.3 is 5.97 Å². The molecule has 1 aromatic rings. The highest BCUT2D eigenvalue weighted by molar-refractivity contribution is 5.85. The largest absolute Gasteiger partial charge is 0.466 e. The fourth-order valence-corrected chi connectivity index (χ4v) is 2.44. The maximum atomic E-state index is 11.9. The molecule has 0 amide bonds. The third-order valence-corrected chi connectivity index (χ3v) is 3.30. The van der Waals surface area contributed by atoms with Crippen LogP contribution in [0.2, 0.25) is 0 Å². The first kappa shape index (κ1) is 15.0. The highest BCUT2D eigenvalue weighted by Crippen LogP contribution is 2.30. The summed E-state index contributed by atoms with van der Waals surface area (Å²) in [5.74, 6) is 0.186. The van der Waals surface area contributed by atoms with Crippen molar-refractivity contribution in [2.45, 2.75) is 19.3 Å². The van der Waals surface area contributed by atoms with Crippen LogP contribution in [-0.2, 0) is 9.53 Å². The molecule has 0 bridgehead atoms. The number of rotatable bonds is 3. The van der Waals surface area contributed by atoms with Crippen LogP contribution in [0.15, 0.2) is 30.3 Å². The van der Waals surface area contributed by atoms with E-state index in [1.807, 2.05) is 25.1 Å². The molecule has 100 valence electrons. The van der Waals surface area contributed by atoms with Crippen molar-refractivity contribution in [3.63, 3.8) is 0 Å². The monoisotopic (exact) mass is 269 g/mol. The van der Waals surface area contributed by atoms with E-state index in [1.165, 1.54) is 5.56 Å². The summed E-state index contributed by atoms with van der Waals surface area (Å²) < 4.78 is 5.17. The molecule has 0 aliphatic carbocycles. The summed E-state index contributed by atoms with van der Waals surface area (Å²) in [6.07, 6.45) is 0.860. The summed E-state index contributed by atoms with van der Waals surface area (Å²) in [5, 5.41) is 3.35. The van der Waals surface area contributed by atoms with Gasteiger partial charge < -0.3 is 10.1 Å². The lowest BCUT2D eigenvalue weighted by Gasteiger charge is -2.30. The molecule has 4 heteroatoms. The van der Waals surface area contributed by atoms with Gasteiger partial charge in [-0.25, -0.2) is 0 Å². The molecule has 1 aliphatic rings. The van der Waals surface area contributed by atoms with Crippen LogP contribution in [-0.4, -0.2) is 25.7 Å². The third kappa shape index (κ3) is 3.47. The third-order valence-electron chi connectivity index (χ3n) is 3.30. The second-order valence-electron chi connectivity index (χ2n) is 4.37. The molecule has 18 heavy (non-hydrogen) atoms. The minimum absolute atomic E-state index is 0. The van der Waals surface area contributed by atoms with E-state index < -0.39 is 0 Å². The molecular weight excluding hydrogens is 250 g/mol. The topological polar surface area (TPSA) is 38.3 Å². The molecule has 1 heterocycles. The minimum atomic E-state index is -0.0529. The van der Waals surface area contributed by atoms with Gasteiger partial charge in [-0.1, -0.05) is 30.3 Å². The first-order valence-corrected chi connectivity index (χ1v) is 6.25. The van der Waals surface area contributed by atoms with Crippen molar-refractivity contribution >= 4 is 18.4 Å². The van der Waals surface area contributed by atoms with E-state index in [0.29, 0.717) is 6.61 Å². The zero-order valence-electron chi connectivity index (χ0n) is 10.6. The van der Waals surface area contributed by atoms with E-state index in [1.54, 1.807) is 0 Å². The van der Waals surface area contributed by atoms with Gasteiger partial charge in [-0.3, -0.25) is 4.79 Å². The number of halogens is 1. The van der Waals surface area contributed by atoms with Crippen molar-refractivity contribution in [2.75, 3.05) is 19.7 Å². The highest BCUT2D eigenvalue weighted by Gasteiger charge is 2.32. The fourth-order valence-electron chi connectivity index (χ4n) is 2.44. The summed E-state index contributed by atoms with van der Waals surface area (Å²) in [4.78, 5) is 11.9. The molecule has 1 saturated heterocycles. The predicted octanol–water partition coefficient (Wildman–Crippen LogP) is 2.36. The number of piperidine rings is 1. The Balaban J connectivity index is 0.00000162. The van der Waals surface area contributed by atoms with Gasteiger partial charge in [-0.15, -0.1) is 12.4 Å². The van der Waals surface area contributed by atoms with Gasteiger partial charge in [0, 0.05) is 12.5 Å². The Hall–Kier alpha value is -1.06. The van der Waals surface area contributed by atoms with Crippen LogP contribution in [0.5, 0.6) is 0 Å². The molecule has 0 unspecified atom stereocenters.